The molecule has 0 spiro atoms. The molecular formula is C13H26N4O. The van der Waals surface area contributed by atoms with Crippen molar-refractivity contribution in [2.75, 3.05) is 52.9 Å². The van der Waals surface area contributed by atoms with Crippen LogP contribution >= 0.6 is 0 Å². The van der Waals surface area contributed by atoms with Gasteiger partial charge in [0.1, 0.15) is 0 Å². The second kappa shape index (κ2) is 6.50. The van der Waals surface area contributed by atoms with E-state index in [1.165, 1.54) is 0 Å². The number of hydrogen-bond acceptors (Lipinski definition) is 4. The van der Waals surface area contributed by atoms with Crippen LogP contribution in [0.4, 0.5) is 0 Å². The van der Waals surface area contributed by atoms with Gasteiger partial charge in [0.2, 0.25) is 5.91 Å². The average Bonchev–Trinajstić information content (AvgIpc) is 2.78. The van der Waals surface area contributed by atoms with Crippen LogP contribution in [-0.2, 0) is 4.79 Å². The molecule has 2 aliphatic rings. The van der Waals surface area contributed by atoms with Gasteiger partial charge in [0, 0.05) is 45.3 Å². The zero-order valence-electron chi connectivity index (χ0n) is 11.6. The van der Waals surface area contributed by atoms with E-state index in [4.69, 9.17) is 0 Å². The van der Waals surface area contributed by atoms with Gasteiger partial charge < -0.3 is 15.5 Å². The maximum Gasteiger partial charge on any atom is 0.224 e. The van der Waals surface area contributed by atoms with Gasteiger partial charge in [-0.05, 0) is 26.9 Å². The lowest BCUT2D eigenvalue weighted by Crippen LogP contribution is -2.47. The van der Waals surface area contributed by atoms with Gasteiger partial charge in [-0.3, -0.25) is 9.69 Å². The highest BCUT2D eigenvalue weighted by Gasteiger charge is 2.29. The number of carbonyl (C=O) groups excluding carboxylic acids is 1. The fourth-order valence-corrected chi connectivity index (χ4v) is 2.76. The van der Waals surface area contributed by atoms with E-state index in [0.29, 0.717) is 6.04 Å². The van der Waals surface area contributed by atoms with E-state index in [-0.39, 0.29) is 11.8 Å². The Morgan fingerprint density at radius 2 is 2.06 bits per heavy atom. The summed E-state index contributed by atoms with van der Waals surface area (Å²) in [4.78, 5) is 16.7. The molecule has 2 N–H and O–H groups in total. The molecule has 0 radical (unpaired) electrons. The zero-order valence-corrected chi connectivity index (χ0v) is 11.6. The molecule has 2 rings (SSSR count). The van der Waals surface area contributed by atoms with Crippen LogP contribution in [-0.4, -0.2) is 74.6 Å². The number of amides is 1. The fourth-order valence-electron chi connectivity index (χ4n) is 2.76. The summed E-state index contributed by atoms with van der Waals surface area (Å²) in [5, 5.41) is 6.40. The van der Waals surface area contributed by atoms with Crippen molar-refractivity contribution in [2.24, 2.45) is 5.92 Å². The Labute approximate surface area is 110 Å². The highest BCUT2D eigenvalue weighted by Crippen LogP contribution is 2.14. The summed E-state index contributed by atoms with van der Waals surface area (Å²) < 4.78 is 0. The van der Waals surface area contributed by atoms with E-state index in [2.05, 4.69) is 34.4 Å². The third kappa shape index (κ3) is 3.67. The highest BCUT2D eigenvalue weighted by molar-refractivity contribution is 5.79. The number of piperazine rings is 1. The van der Waals surface area contributed by atoms with E-state index in [1.54, 1.807) is 0 Å². The van der Waals surface area contributed by atoms with Gasteiger partial charge in [-0.15, -0.1) is 0 Å². The predicted molar refractivity (Wildman–Crippen MR) is 72.5 cm³/mol. The number of nitrogens with one attached hydrogen (secondary N) is 2. The molecular weight excluding hydrogens is 228 g/mol. The number of hydrogen-bond donors (Lipinski definition) is 2. The Hall–Kier alpha value is -0.650. The molecule has 2 saturated heterocycles. The maximum absolute atomic E-state index is 12.0. The Bertz CT molecular complexity index is 276. The minimum atomic E-state index is 0.164. The number of rotatable bonds is 4. The van der Waals surface area contributed by atoms with Crippen LogP contribution in [0.2, 0.25) is 0 Å². The standard InChI is InChI=1S/C13H26N4O/c1-11-12(3-4-14-11)13(18)15-5-6-17-9-7-16(2)8-10-17/h11-12,14H,3-10H2,1-2H3,(H,15,18). The van der Waals surface area contributed by atoms with Crippen LogP contribution in [0.3, 0.4) is 0 Å². The van der Waals surface area contributed by atoms with Gasteiger partial charge in [0.25, 0.3) is 0 Å². The van der Waals surface area contributed by atoms with E-state index >= 15 is 0 Å². The summed E-state index contributed by atoms with van der Waals surface area (Å²) in [7, 11) is 2.16. The first-order chi connectivity index (χ1) is 8.66. The van der Waals surface area contributed by atoms with Crippen molar-refractivity contribution in [2.45, 2.75) is 19.4 Å². The van der Waals surface area contributed by atoms with Crippen LogP contribution in [0.15, 0.2) is 0 Å². The van der Waals surface area contributed by atoms with Crippen LogP contribution in [0.1, 0.15) is 13.3 Å². The van der Waals surface area contributed by atoms with Crippen molar-refractivity contribution in [3.05, 3.63) is 0 Å². The normalized spacial score (nSPS) is 30.6. The van der Waals surface area contributed by atoms with Crippen molar-refractivity contribution in [3.8, 4) is 0 Å². The lowest BCUT2D eigenvalue weighted by Gasteiger charge is -2.32. The van der Waals surface area contributed by atoms with Crippen LogP contribution < -0.4 is 10.6 Å². The molecule has 0 aromatic carbocycles. The highest BCUT2D eigenvalue weighted by atomic mass is 16.1. The molecule has 2 fully saturated rings. The first-order valence-corrected chi connectivity index (χ1v) is 7.09. The second-order valence-electron chi connectivity index (χ2n) is 5.57. The first kappa shape index (κ1) is 13.8. The van der Waals surface area contributed by atoms with Crippen molar-refractivity contribution in [1.29, 1.82) is 0 Å². The van der Waals surface area contributed by atoms with Crippen molar-refractivity contribution in [3.63, 3.8) is 0 Å². The molecule has 1 amide bonds. The minimum absolute atomic E-state index is 0.164. The first-order valence-electron chi connectivity index (χ1n) is 7.09. The van der Waals surface area contributed by atoms with Gasteiger partial charge in [-0.2, -0.15) is 0 Å². The summed E-state index contributed by atoms with van der Waals surface area (Å²) in [6, 6.07) is 0.327. The van der Waals surface area contributed by atoms with Gasteiger partial charge in [-0.25, -0.2) is 0 Å². The molecule has 0 aromatic rings. The molecule has 104 valence electrons. The van der Waals surface area contributed by atoms with Gasteiger partial charge in [0.05, 0.1) is 5.92 Å². The largest absolute Gasteiger partial charge is 0.355 e. The molecule has 2 unspecified atom stereocenters. The molecule has 2 atom stereocenters. The number of carbonyl (C=O) groups is 1. The van der Waals surface area contributed by atoms with Crippen LogP contribution in [0, 0.1) is 5.92 Å². The molecule has 18 heavy (non-hydrogen) atoms. The number of likely N-dealkylation sites (N-methyl/N-ethyl adjacent to an activating group) is 1. The third-order valence-corrected chi connectivity index (χ3v) is 4.19. The van der Waals surface area contributed by atoms with Crippen molar-refractivity contribution >= 4 is 5.91 Å². The summed E-state index contributed by atoms with van der Waals surface area (Å²) in [5.74, 6) is 0.388. The molecule has 0 aromatic heterocycles. The van der Waals surface area contributed by atoms with Crippen LogP contribution in [0.25, 0.3) is 0 Å². The molecule has 0 saturated carbocycles. The van der Waals surface area contributed by atoms with E-state index in [1.807, 2.05) is 0 Å². The Kier molecular flexibility index (Phi) is 4.97. The third-order valence-electron chi connectivity index (χ3n) is 4.19. The van der Waals surface area contributed by atoms with Crippen molar-refractivity contribution < 1.29 is 4.79 Å². The van der Waals surface area contributed by atoms with E-state index in [0.717, 1.165) is 52.2 Å². The summed E-state index contributed by atoms with van der Waals surface area (Å²) in [5.41, 5.74) is 0. The topological polar surface area (TPSA) is 47.6 Å². The van der Waals surface area contributed by atoms with Gasteiger partial charge in [-0.1, -0.05) is 0 Å². The van der Waals surface area contributed by atoms with Gasteiger partial charge in [0.15, 0.2) is 0 Å². The minimum Gasteiger partial charge on any atom is -0.355 e. The predicted octanol–water partition coefficient (Wildman–Crippen LogP) is -0.652. The lowest BCUT2D eigenvalue weighted by atomic mass is 10.0. The SMILES string of the molecule is CC1NCCC1C(=O)NCCN1CCN(C)CC1. The second-order valence-corrected chi connectivity index (χ2v) is 5.57. The molecule has 5 heteroatoms. The Morgan fingerprint density at radius 1 is 1.33 bits per heavy atom. The monoisotopic (exact) mass is 254 g/mol. The molecule has 0 bridgehead atoms. The van der Waals surface area contributed by atoms with Crippen LogP contribution in [0.5, 0.6) is 0 Å². The average molecular weight is 254 g/mol. The van der Waals surface area contributed by atoms with Gasteiger partial charge >= 0.3 is 0 Å². The summed E-state index contributed by atoms with van der Waals surface area (Å²) in [6.45, 7) is 9.34. The zero-order chi connectivity index (χ0) is 13.0. The quantitative estimate of drug-likeness (QED) is 0.700. The molecule has 0 aliphatic carbocycles. The Morgan fingerprint density at radius 3 is 2.67 bits per heavy atom. The van der Waals surface area contributed by atoms with E-state index < -0.39 is 0 Å². The fraction of sp³-hybridized carbons (Fsp3) is 0.923. The smallest absolute Gasteiger partial charge is 0.224 e. The maximum atomic E-state index is 12.0. The molecule has 5 nitrogen and oxygen atoms in total. The molecule has 2 heterocycles. The van der Waals surface area contributed by atoms with Crippen molar-refractivity contribution in [1.82, 2.24) is 20.4 Å². The number of nitrogens with zero attached hydrogens (tertiary/aromatic N) is 2. The Balaban J connectivity index is 1.61. The summed E-state index contributed by atoms with van der Waals surface area (Å²) >= 11 is 0. The lowest BCUT2D eigenvalue weighted by molar-refractivity contribution is -0.125. The summed E-state index contributed by atoms with van der Waals surface area (Å²) in [6.07, 6.45) is 0.974. The van der Waals surface area contributed by atoms with E-state index in [9.17, 15) is 4.79 Å². The molecule has 2 aliphatic heterocycles.